The number of carbonyl (C=O) groups is 1. The predicted molar refractivity (Wildman–Crippen MR) is 77.9 cm³/mol. The van der Waals surface area contributed by atoms with Gasteiger partial charge in [-0.15, -0.1) is 10.2 Å². The highest BCUT2D eigenvalue weighted by atomic mass is 35.5. The van der Waals surface area contributed by atoms with E-state index >= 15 is 0 Å². The normalized spacial score (nSPS) is 11.5. The first kappa shape index (κ1) is 16.8. The summed E-state index contributed by atoms with van der Waals surface area (Å²) >= 11 is 7.88. The Bertz CT molecular complexity index is 693. The SMILES string of the molecule is Nc1nnc(SCC(=O)Nc2ncc(C(F)(F)F)cc2Cl)s1. The summed E-state index contributed by atoms with van der Waals surface area (Å²) < 4.78 is 37.9. The van der Waals surface area contributed by atoms with E-state index in [1.54, 1.807) is 0 Å². The number of nitrogens with zero attached hydrogens (tertiary/aromatic N) is 3. The molecule has 0 atom stereocenters. The monoisotopic (exact) mass is 369 g/mol. The van der Waals surface area contributed by atoms with E-state index in [9.17, 15) is 18.0 Å². The van der Waals surface area contributed by atoms with E-state index in [2.05, 4.69) is 20.5 Å². The molecule has 0 aliphatic carbocycles. The van der Waals surface area contributed by atoms with E-state index in [1.807, 2.05) is 0 Å². The molecule has 2 heterocycles. The minimum absolute atomic E-state index is 0.0341. The molecule has 6 nitrogen and oxygen atoms in total. The van der Waals surface area contributed by atoms with Gasteiger partial charge in [0.25, 0.3) is 0 Å². The zero-order chi connectivity index (χ0) is 16.3. The number of alkyl halides is 3. The minimum atomic E-state index is -4.55. The summed E-state index contributed by atoms with van der Waals surface area (Å²) in [5.41, 5.74) is 4.40. The topological polar surface area (TPSA) is 93.8 Å². The van der Waals surface area contributed by atoms with Gasteiger partial charge < -0.3 is 11.1 Å². The van der Waals surface area contributed by atoms with Crippen molar-refractivity contribution >= 4 is 51.6 Å². The van der Waals surface area contributed by atoms with Crippen molar-refractivity contribution in [1.29, 1.82) is 0 Å². The number of carbonyl (C=O) groups excluding carboxylic acids is 1. The number of anilines is 2. The van der Waals surface area contributed by atoms with Crippen LogP contribution in [0.5, 0.6) is 0 Å². The fourth-order valence-electron chi connectivity index (χ4n) is 1.26. The lowest BCUT2D eigenvalue weighted by Gasteiger charge is -2.09. The van der Waals surface area contributed by atoms with Crippen molar-refractivity contribution in [2.45, 2.75) is 10.5 Å². The van der Waals surface area contributed by atoms with Gasteiger partial charge in [-0.3, -0.25) is 4.79 Å². The second kappa shape index (κ2) is 6.67. The van der Waals surface area contributed by atoms with Gasteiger partial charge in [0.05, 0.1) is 16.3 Å². The van der Waals surface area contributed by atoms with Crippen molar-refractivity contribution in [2.75, 3.05) is 16.8 Å². The Balaban J connectivity index is 1.96. The maximum atomic E-state index is 12.5. The Morgan fingerprint density at radius 3 is 2.73 bits per heavy atom. The van der Waals surface area contributed by atoms with Crippen LogP contribution in [-0.2, 0) is 11.0 Å². The Labute approximate surface area is 135 Å². The van der Waals surface area contributed by atoms with Crippen molar-refractivity contribution < 1.29 is 18.0 Å². The number of hydrogen-bond donors (Lipinski definition) is 2. The third-order valence-corrected chi connectivity index (χ3v) is 4.35. The summed E-state index contributed by atoms with van der Waals surface area (Å²) in [4.78, 5) is 15.2. The molecule has 2 rings (SSSR count). The molecule has 0 aromatic carbocycles. The molecule has 0 saturated heterocycles. The van der Waals surface area contributed by atoms with Gasteiger partial charge in [-0.25, -0.2) is 4.98 Å². The first-order valence-corrected chi connectivity index (χ1v) is 7.68. The quantitative estimate of drug-likeness (QED) is 0.805. The molecule has 3 N–H and O–H groups in total. The van der Waals surface area contributed by atoms with Gasteiger partial charge in [0.2, 0.25) is 11.0 Å². The van der Waals surface area contributed by atoms with E-state index in [0.29, 0.717) is 16.6 Å². The second-order valence-electron chi connectivity index (χ2n) is 3.80. The van der Waals surface area contributed by atoms with E-state index in [4.69, 9.17) is 17.3 Å². The number of rotatable bonds is 4. The van der Waals surface area contributed by atoms with Crippen molar-refractivity contribution in [1.82, 2.24) is 15.2 Å². The van der Waals surface area contributed by atoms with Crippen LogP contribution in [0.2, 0.25) is 5.02 Å². The summed E-state index contributed by atoms with van der Waals surface area (Å²) in [6.07, 6.45) is -3.95. The lowest BCUT2D eigenvalue weighted by molar-refractivity contribution is -0.137. The molecule has 118 valence electrons. The summed E-state index contributed by atoms with van der Waals surface area (Å²) in [5, 5.41) is 9.59. The summed E-state index contributed by atoms with van der Waals surface area (Å²) in [6, 6.07) is 0.697. The first-order chi connectivity index (χ1) is 10.3. The van der Waals surface area contributed by atoms with Gasteiger partial charge >= 0.3 is 6.18 Å². The molecule has 0 spiro atoms. The maximum absolute atomic E-state index is 12.5. The third kappa shape index (κ3) is 4.45. The van der Waals surface area contributed by atoms with E-state index in [-0.39, 0.29) is 21.7 Å². The number of nitrogen functional groups attached to an aromatic ring is 1. The van der Waals surface area contributed by atoms with Crippen LogP contribution in [0.1, 0.15) is 5.56 Å². The summed E-state index contributed by atoms with van der Waals surface area (Å²) in [6.45, 7) is 0. The molecule has 2 aromatic heterocycles. The maximum Gasteiger partial charge on any atom is 0.417 e. The minimum Gasteiger partial charge on any atom is -0.374 e. The number of nitrogens with one attached hydrogen (secondary N) is 1. The lowest BCUT2D eigenvalue weighted by atomic mass is 10.3. The third-order valence-electron chi connectivity index (χ3n) is 2.18. The number of nitrogens with two attached hydrogens (primary N) is 1. The molecule has 12 heteroatoms. The fourth-order valence-corrected chi connectivity index (χ4v) is 2.91. The average Bonchev–Trinajstić information content (AvgIpc) is 2.83. The number of aromatic nitrogens is 3. The predicted octanol–water partition coefficient (Wildman–Crippen LogP) is 2.92. The molecule has 2 aromatic rings. The molecule has 0 bridgehead atoms. The van der Waals surface area contributed by atoms with Crippen LogP contribution in [-0.4, -0.2) is 26.8 Å². The number of amides is 1. The second-order valence-corrected chi connectivity index (χ2v) is 6.43. The van der Waals surface area contributed by atoms with Crippen LogP contribution in [0, 0.1) is 0 Å². The zero-order valence-corrected chi connectivity index (χ0v) is 12.9. The van der Waals surface area contributed by atoms with Crippen molar-refractivity contribution in [2.24, 2.45) is 0 Å². The molecule has 1 amide bonds. The highest BCUT2D eigenvalue weighted by Crippen LogP contribution is 2.32. The number of hydrogen-bond acceptors (Lipinski definition) is 7. The number of pyridine rings is 1. The molecule has 0 fully saturated rings. The van der Waals surface area contributed by atoms with Gasteiger partial charge in [0.1, 0.15) is 0 Å². The van der Waals surface area contributed by atoms with Crippen LogP contribution in [0.25, 0.3) is 0 Å². The number of halogens is 4. The first-order valence-electron chi connectivity index (χ1n) is 5.50. The van der Waals surface area contributed by atoms with E-state index < -0.39 is 17.6 Å². The van der Waals surface area contributed by atoms with Crippen LogP contribution in [0.3, 0.4) is 0 Å². The molecule has 0 saturated carbocycles. The van der Waals surface area contributed by atoms with Gasteiger partial charge in [0, 0.05) is 6.20 Å². The molecule has 0 unspecified atom stereocenters. The molecular weight excluding hydrogens is 363 g/mol. The van der Waals surface area contributed by atoms with Gasteiger partial charge in [-0.1, -0.05) is 34.7 Å². The van der Waals surface area contributed by atoms with Gasteiger partial charge in [-0.05, 0) is 6.07 Å². The smallest absolute Gasteiger partial charge is 0.374 e. The fraction of sp³-hybridized carbons (Fsp3) is 0.200. The van der Waals surface area contributed by atoms with E-state index in [1.165, 1.54) is 0 Å². The summed E-state index contributed by atoms with van der Waals surface area (Å²) in [5.74, 6) is -0.668. The molecular formula is C10H7ClF3N5OS2. The molecule has 0 radical (unpaired) electrons. The van der Waals surface area contributed by atoms with Gasteiger partial charge in [-0.2, -0.15) is 13.2 Å². The molecule has 0 aliphatic heterocycles. The molecule has 0 aliphatic rings. The van der Waals surface area contributed by atoms with E-state index in [0.717, 1.165) is 23.1 Å². The molecule has 22 heavy (non-hydrogen) atoms. The van der Waals surface area contributed by atoms with Crippen LogP contribution in [0.4, 0.5) is 24.1 Å². The van der Waals surface area contributed by atoms with Gasteiger partial charge in [0.15, 0.2) is 10.2 Å². The Hall–Kier alpha value is -1.59. The highest BCUT2D eigenvalue weighted by molar-refractivity contribution is 8.01. The standard InChI is InChI=1S/C10H7ClF3N5OS2/c11-5-1-4(10(12,13)14)2-16-7(5)17-6(20)3-21-9-19-18-8(15)22-9/h1-2H,3H2,(H2,15,18)(H,16,17,20). The average molecular weight is 370 g/mol. The summed E-state index contributed by atoms with van der Waals surface area (Å²) in [7, 11) is 0. The van der Waals surface area contributed by atoms with Crippen LogP contribution >= 0.6 is 34.7 Å². The van der Waals surface area contributed by atoms with Crippen LogP contribution in [0.15, 0.2) is 16.6 Å². The Morgan fingerprint density at radius 1 is 1.45 bits per heavy atom. The zero-order valence-electron chi connectivity index (χ0n) is 10.5. The van der Waals surface area contributed by atoms with Crippen molar-refractivity contribution in [3.05, 3.63) is 22.8 Å². The van der Waals surface area contributed by atoms with Crippen LogP contribution < -0.4 is 11.1 Å². The van der Waals surface area contributed by atoms with Crippen molar-refractivity contribution in [3.8, 4) is 0 Å². The Kier molecular flexibility index (Phi) is 5.08. The highest BCUT2D eigenvalue weighted by Gasteiger charge is 2.31. The Morgan fingerprint density at radius 2 is 2.18 bits per heavy atom. The van der Waals surface area contributed by atoms with Crippen molar-refractivity contribution in [3.63, 3.8) is 0 Å². The lowest BCUT2D eigenvalue weighted by Crippen LogP contribution is -2.16. The number of thioether (sulfide) groups is 1. The largest absolute Gasteiger partial charge is 0.417 e.